The van der Waals surface area contributed by atoms with E-state index in [0.29, 0.717) is 12.6 Å². The van der Waals surface area contributed by atoms with Gasteiger partial charge in [-0.1, -0.05) is 67.1 Å². The lowest BCUT2D eigenvalue weighted by atomic mass is 9.96. The predicted octanol–water partition coefficient (Wildman–Crippen LogP) is 3.79. The summed E-state index contributed by atoms with van der Waals surface area (Å²) in [6, 6.07) is 21.1. The van der Waals surface area contributed by atoms with Gasteiger partial charge >= 0.3 is 0 Å². The average Bonchev–Trinajstić information content (AvgIpc) is 3.10. The molecule has 24 heavy (non-hydrogen) atoms. The highest BCUT2D eigenvalue weighted by Gasteiger charge is 2.47. The molecule has 2 heterocycles. The minimum absolute atomic E-state index is 0.107. The summed E-state index contributed by atoms with van der Waals surface area (Å²) in [4.78, 5) is 2.43. The zero-order valence-electron chi connectivity index (χ0n) is 14.2. The zero-order chi connectivity index (χ0) is 16.4. The smallest absolute Gasteiger partial charge is 0.222 e. The van der Waals surface area contributed by atoms with Crippen molar-refractivity contribution < 1.29 is 9.47 Å². The van der Waals surface area contributed by atoms with Crippen molar-refractivity contribution in [3.05, 3.63) is 71.8 Å². The summed E-state index contributed by atoms with van der Waals surface area (Å²) in [7, 11) is 2.21. The Hall–Kier alpha value is -1.68. The molecule has 0 spiro atoms. The van der Waals surface area contributed by atoms with Gasteiger partial charge in [0.05, 0.1) is 6.61 Å². The normalized spacial score (nSPS) is 27.2. The summed E-state index contributed by atoms with van der Waals surface area (Å²) in [6.07, 6.45) is 3.85. The summed E-state index contributed by atoms with van der Waals surface area (Å²) < 4.78 is 13.0. The Balaban J connectivity index is 1.68. The van der Waals surface area contributed by atoms with Crippen LogP contribution in [-0.2, 0) is 15.3 Å². The number of ether oxygens (including phenoxy) is 2. The minimum Gasteiger partial charge on any atom is -0.339 e. The molecule has 2 fully saturated rings. The highest BCUT2D eigenvalue weighted by Crippen LogP contribution is 2.42. The first-order valence-corrected chi connectivity index (χ1v) is 8.93. The van der Waals surface area contributed by atoms with Crippen LogP contribution in [0, 0.1) is 0 Å². The van der Waals surface area contributed by atoms with E-state index in [1.165, 1.54) is 19.3 Å². The third-order valence-electron chi connectivity index (χ3n) is 5.33. The summed E-state index contributed by atoms with van der Waals surface area (Å²) >= 11 is 0. The first-order chi connectivity index (χ1) is 11.8. The van der Waals surface area contributed by atoms with Gasteiger partial charge in [-0.25, -0.2) is 0 Å². The predicted molar refractivity (Wildman–Crippen MR) is 94.8 cm³/mol. The molecule has 0 N–H and O–H groups in total. The average molecular weight is 323 g/mol. The molecule has 126 valence electrons. The maximum Gasteiger partial charge on any atom is 0.222 e. The number of likely N-dealkylation sites (tertiary alicyclic amines) is 1. The van der Waals surface area contributed by atoms with Gasteiger partial charge < -0.3 is 14.4 Å². The van der Waals surface area contributed by atoms with Crippen LogP contribution in [0.15, 0.2) is 60.7 Å². The van der Waals surface area contributed by atoms with E-state index >= 15 is 0 Å². The Bertz CT molecular complexity index is 619. The maximum atomic E-state index is 6.67. The molecule has 0 amide bonds. The van der Waals surface area contributed by atoms with E-state index in [4.69, 9.17) is 9.47 Å². The lowest BCUT2D eigenvalue weighted by Gasteiger charge is -2.37. The highest BCUT2D eigenvalue weighted by atomic mass is 16.7. The Kier molecular flexibility index (Phi) is 4.40. The third kappa shape index (κ3) is 2.77. The fourth-order valence-electron chi connectivity index (χ4n) is 4.03. The molecular weight excluding hydrogens is 298 g/mol. The van der Waals surface area contributed by atoms with E-state index in [-0.39, 0.29) is 6.10 Å². The lowest BCUT2D eigenvalue weighted by Crippen LogP contribution is -2.46. The van der Waals surface area contributed by atoms with Gasteiger partial charge in [-0.15, -0.1) is 0 Å². The molecule has 2 atom stereocenters. The fraction of sp³-hybridized carbons (Fsp3) is 0.429. The molecule has 0 unspecified atom stereocenters. The van der Waals surface area contributed by atoms with Gasteiger partial charge in [-0.05, 0) is 26.4 Å². The molecule has 0 aromatic heterocycles. The second-order valence-corrected chi connectivity index (χ2v) is 6.86. The monoisotopic (exact) mass is 323 g/mol. The fourth-order valence-corrected chi connectivity index (χ4v) is 4.03. The highest BCUT2D eigenvalue weighted by molar-refractivity contribution is 5.34. The standard InChI is InChI=1S/C21H25NO2/c1-22-15-9-8-14-19(22)20-16-23-21(24-20,17-10-4-2-5-11-17)18-12-6-3-7-13-18/h2-7,10-13,19-20H,8-9,14-16H2,1H3/t19-,20+/m0/s1. The van der Waals surface area contributed by atoms with Crippen LogP contribution in [0.5, 0.6) is 0 Å². The number of benzene rings is 2. The molecule has 2 saturated heterocycles. The Morgan fingerprint density at radius 2 is 1.54 bits per heavy atom. The van der Waals surface area contributed by atoms with E-state index in [2.05, 4.69) is 36.2 Å². The molecule has 0 radical (unpaired) electrons. The molecule has 3 nitrogen and oxygen atoms in total. The zero-order valence-corrected chi connectivity index (χ0v) is 14.2. The third-order valence-corrected chi connectivity index (χ3v) is 5.33. The lowest BCUT2D eigenvalue weighted by molar-refractivity contribution is -0.151. The summed E-state index contributed by atoms with van der Waals surface area (Å²) in [6.45, 7) is 1.78. The molecule has 0 bridgehead atoms. The van der Waals surface area contributed by atoms with E-state index in [1.807, 2.05) is 36.4 Å². The van der Waals surface area contributed by atoms with Crippen molar-refractivity contribution in [1.29, 1.82) is 0 Å². The van der Waals surface area contributed by atoms with Gasteiger partial charge in [0.25, 0.3) is 0 Å². The molecule has 0 saturated carbocycles. The van der Waals surface area contributed by atoms with Crippen LogP contribution in [0.4, 0.5) is 0 Å². The number of piperidine rings is 1. The summed E-state index contributed by atoms with van der Waals surface area (Å²) in [5.41, 5.74) is 2.13. The van der Waals surface area contributed by atoms with Crippen molar-refractivity contribution in [1.82, 2.24) is 4.90 Å². The van der Waals surface area contributed by atoms with E-state index < -0.39 is 5.79 Å². The van der Waals surface area contributed by atoms with Gasteiger partial charge in [-0.2, -0.15) is 0 Å². The van der Waals surface area contributed by atoms with Gasteiger partial charge in [0.1, 0.15) is 6.10 Å². The van der Waals surface area contributed by atoms with Crippen LogP contribution >= 0.6 is 0 Å². The van der Waals surface area contributed by atoms with Crippen molar-refractivity contribution in [2.24, 2.45) is 0 Å². The molecule has 3 heteroatoms. The van der Waals surface area contributed by atoms with Crippen molar-refractivity contribution >= 4 is 0 Å². The molecule has 2 aromatic carbocycles. The molecule has 2 aliphatic heterocycles. The number of hydrogen-bond donors (Lipinski definition) is 0. The molecular formula is C21H25NO2. The van der Waals surface area contributed by atoms with Crippen molar-refractivity contribution in [3.8, 4) is 0 Å². The quantitative estimate of drug-likeness (QED) is 0.858. The number of nitrogens with zero attached hydrogens (tertiary/aromatic N) is 1. The van der Waals surface area contributed by atoms with Crippen LogP contribution in [0.25, 0.3) is 0 Å². The SMILES string of the molecule is CN1CCCC[C@H]1[C@H]1COC(c2ccccc2)(c2ccccc2)O1. The topological polar surface area (TPSA) is 21.7 Å². The summed E-state index contributed by atoms with van der Waals surface area (Å²) in [5.74, 6) is -0.786. The second-order valence-electron chi connectivity index (χ2n) is 6.86. The van der Waals surface area contributed by atoms with Crippen LogP contribution in [0.2, 0.25) is 0 Å². The van der Waals surface area contributed by atoms with Gasteiger partial charge in [0, 0.05) is 17.2 Å². The second kappa shape index (κ2) is 6.67. The number of rotatable bonds is 3. The van der Waals surface area contributed by atoms with E-state index in [1.54, 1.807) is 0 Å². The van der Waals surface area contributed by atoms with Crippen LogP contribution in [0.3, 0.4) is 0 Å². The first kappa shape index (κ1) is 15.8. The molecule has 4 rings (SSSR count). The van der Waals surface area contributed by atoms with Crippen molar-refractivity contribution in [3.63, 3.8) is 0 Å². The Morgan fingerprint density at radius 3 is 2.12 bits per heavy atom. The van der Waals surface area contributed by atoms with E-state index in [9.17, 15) is 0 Å². The van der Waals surface area contributed by atoms with Crippen molar-refractivity contribution in [2.75, 3.05) is 20.2 Å². The largest absolute Gasteiger partial charge is 0.339 e. The van der Waals surface area contributed by atoms with Gasteiger partial charge in [0.15, 0.2) is 0 Å². The van der Waals surface area contributed by atoms with Gasteiger partial charge in [0.2, 0.25) is 5.79 Å². The number of hydrogen-bond acceptors (Lipinski definition) is 3. The molecule has 2 aromatic rings. The maximum absolute atomic E-state index is 6.67. The minimum atomic E-state index is -0.786. The Morgan fingerprint density at radius 1 is 0.917 bits per heavy atom. The van der Waals surface area contributed by atoms with Gasteiger partial charge in [-0.3, -0.25) is 0 Å². The molecule has 0 aliphatic carbocycles. The first-order valence-electron chi connectivity index (χ1n) is 8.93. The van der Waals surface area contributed by atoms with Crippen molar-refractivity contribution in [2.45, 2.75) is 37.2 Å². The van der Waals surface area contributed by atoms with Crippen LogP contribution in [0.1, 0.15) is 30.4 Å². The number of likely N-dealkylation sites (N-methyl/N-ethyl adjacent to an activating group) is 1. The summed E-state index contributed by atoms with van der Waals surface area (Å²) in [5, 5.41) is 0. The molecule has 2 aliphatic rings. The van der Waals surface area contributed by atoms with E-state index in [0.717, 1.165) is 17.7 Å². The Labute approximate surface area is 144 Å². The van der Waals surface area contributed by atoms with Crippen LogP contribution < -0.4 is 0 Å². The van der Waals surface area contributed by atoms with Crippen LogP contribution in [-0.4, -0.2) is 37.2 Å².